The van der Waals surface area contributed by atoms with E-state index in [9.17, 15) is 4.79 Å². The first-order chi connectivity index (χ1) is 11.2. The maximum absolute atomic E-state index is 12.6. The molecule has 1 N–H and O–H groups in total. The number of aromatic nitrogens is 2. The van der Waals surface area contributed by atoms with E-state index < -0.39 is 0 Å². The molecular formula is C17H18BrN3O2. The Morgan fingerprint density at radius 2 is 2.09 bits per heavy atom. The van der Waals surface area contributed by atoms with Gasteiger partial charge in [-0.25, -0.2) is 0 Å². The fraction of sp³-hybridized carbons (Fsp3) is 0.353. The lowest BCUT2D eigenvalue weighted by atomic mass is 9.87. The Kier molecular flexibility index (Phi) is 5.35. The molecule has 5 nitrogen and oxygen atoms in total. The second kappa shape index (κ2) is 7.66. The third-order valence-electron chi connectivity index (χ3n) is 4.03. The highest BCUT2D eigenvalue weighted by molar-refractivity contribution is 9.10. The van der Waals surface area contributed by atoms with Crippen molar-refractivity contribution in [3.8, 4) is 0 Å². The second-order valence-corrected chi connectivity index (χ2v) is 6.49. The van der Waals surface area contributed by atoms with Crippen molar-refractivity contribution >= 4 is 21.8 Å². The highest BCUT2D eigenvalue weighted by Crippen LogP contribution is 2.30. The number of carbonyl (C=O) groups is 1. The molecule has 0 aliphatic carbocycles. The first-order valence-electron chi connectivity index (χ1n) is 7.63. The number of nitrogens with one attached hydrogen (secondary N) is 1. The molecule has 1 amide bonds. The Balaban J connectivity index is 1.82. The lowest BCUT2D eigenvalue weighted by Crippen LogP contribution is -2.36. The van der Waals surface area contributed by atoms with E-state index in [4.69, 9.17) is 4.74 Å². The van der Waals surface area contributed by atoms with E-state index in [-0.39, 0.29) is 11.9 Å². The second-order valence-electron chi connectivity index (χ2n) is 5.58. The van der Waals surface area contributed by atoms with Gasteiger partial charge in [0.15, 0.2) is 0 Å². The van der Waals surface area contributed by atoms with Crippen LogP contribution in [0.25, 0.3) is 0 Å². The van der Waals surface area contributed by atoms with Crippen LogP contribution in [-0.2, 0) is 4.74 Å². The van der Waals surface area contributed by atoms with E-state index in [2.05, 4.69) is 31.2 Å². The van der Waals surface area contributed by atoms with Crippen LogP contribution in [0.1, 0.15) is 34.8 Å². The first kappa shape index (κ1) is 16.1. The topological polar surface area (TPSA) is 64.1 Å². The van der Waals surface area contributed by atoms with Crippen molar-refractivity contribution in [2.45, 2.75) is 18.9 Å². The fourth-order valence-electron chi connectivity index (χ4n) is 2.84. The number of carbonyl (C=O) groups excluding carboxylic acids is 1. The van der Waals surface area contributed by atoms with Crippen LogP contribution in [0, 0.1) is 5.92 Å². The molecule has 1 fully saturated rings. The molecule has 0 saturated carbocycles. The van der Waals surface area contributed by atoms with Crippen molar-refractivity contribution in [2.75, 3.05) is 13.2 Å². The van der Waals surface area contributed by atoms with E-state index in [0.29, 0.717) is 11.5 Å². The fourth-order valence-corrected chi connectivity index (χ4v) is 3.21. The van der Waals surface area contributed by atoms with Crippen LogP contribution in [0.4, 0.5) is 0 Å². The molecule has 1 saturated heterocycles. The molecule has 23 heavy (non-hydrogen) atoms. The predicted molar refractivity (Wildman–Crippen MR) is 89.9 cm³/mol. The third-order valence-corrected chi connectivity index (χ3v) is 4.47. The number of amides is 1. The van der Waals surface area contributed by atoms with Gasteiger partial charge in [-0.3, -0.25) is 14.8 Å². The zero-order valence-corrected chi connectivity index (χ0v) is 14.2. The zero-order valence-electron chi connectivity index (χ0n) is 12.6. The molecule has 3 rings (SSSR count). The summed E-state index contributed by atoms with van der Waals surface area (Å²) in [5.74, 6) is 0.219. The Labute approximate surface area is 143 Å². The van der Waals surface area contributed by atoms with Crippen LogP contribution in [0.15, 0.2) is 47.5 Å². The molecule has 120 valence electrons. The van der Waals surface area contributed by atoms with E-state index in [1.54, 1.807) is 24.7 Å². The lowest BCUT2D eigenvalue weighted by Gasteiger charge is -2.31. The molecule has 2 aromatic heterocycles. The molecule has 0 unspecified atom stereocenters. The van der Waals surface area contributed by atoms with Gasteiger partial charge in [-0.15, -0.1) is 0 Å². The molecule has 0 radical (unpaired) electrons. The van der Waals surface area contributed by atoms with Crippen LogP contribution in [0.3, 0.4) is 0 Å². The molecule has 3 heterocycles. The van der Waals surface area contributed by atoms with Crippen molar-refractivity contribution in [3.05, 3.63) is 58.6 Å². The van der Waals surface area contributed by atoms with Crippen molar-refractivity contribution < 1.29 is 9.53 Å². The highest BCUT2D eigenvalue weighted by Gasteiger charge is 2.27. The molecule has 1 aliphatic heterocycles. The van der Waals surface area contributed by atoms with Crippen LogP contribution < -0.4 is 5.32 Å². The molecule has 0 aromatic carbocycles. The largest absolute Gasteiger partial charge is 0.381 e. The summed E-state index contributed by atoms with van der Waals surface area (Å²) in [6.45, 7) is 1.46. The Morgan fingerprint density at radius 1 is 1.26 bits per heavy atom. The number of ether oxygens (including phenoxy) is 1. The number of nitrogens with zero attached hydrogens (tertiary/aromatic N) is 2. The van der Waals surface area contributed by atoms with Gasteiger partial charge in [0.25, 0.3) is 5.91 Å². The SMILES string of the molecule is O=C(N[C@@H](c1cccnc1)C1CCOCC1)c1cncc(Br)c1. The Hall–Kier alpha value is -1.79. The molecule has 2 aromatic rings. The average Bonchev–Trinajstić information content (AvgIpc) is 2.61. The van der Waals surface area contributed by atoms with Gasteiger partial charge in [0.05, 0.1) is 11.6 Å². The summed E-state index contributed by atoms with van der Waals surface area (Å²) in [4.78, 5) is 20.8. The zero-order chi connectivity index (χ0) is 16.1. The van der Waals surface area contributed by atoms with Gasteiger partial charge >= 0.3 is 0 Å². The van der Waals surface area contributed by atoms with Gasteiger partial charge in [0.1, 0.15) is 0 Å². The monoisotopic (exact) mass is 375 g/mol. The molecule has 0 spiro atoms. The van der Waals surface area contributed by atoms with Gasteiger partial charge in [-0.05, 0) is 52.4 Å². The summed E-state index contributed by atoms with van der Waals surface area (Å²) < 4.78 is 6.23. The summed E-state index contributed by atoms with van der Waals surface area (Å²) >= 11 is 3.35. The van der Waals surface area contributed by atoms with Gasteiger partial charge in [-0.2, -0.15) is 0 Å². The van der Waals surface area contributed by atoms with Crippen LogP contribution in [0.5, 0.6) is 0 Å². The Bertz CT molecular complexity index is 660. The molecular weight excluding hydrogens is 358 g/mol. The predicted octanol–water partition coefficient (Wildman–Crippen LogP) is 3.14. The third kappa shape index (κ3) is 4.14. The molecule has 1 aliphatic rings. The van der Waals surface area contributed by atoms with Crippen molar-refractivity contribution in [1.82, 2.24) is 15.3 Å². The summed E-state index contributed by atoms with van der Waals surface area (Å²) in [6, 6.07) is 5.60. The number of halogens is 1. The average molecular weight is 376 g/mol. The smallest absolute Gasteiger partial charge is 0.253 e. The van der Waals surface area contributed by atoms with Crippen molar-refractivity contribution in [2.24, 2.45) is 5.92 Å². The maximum atomic E-state index is 12.6. The Morgan fingerprint density at radius 3 is 2.78 bits per heavy atom. The van der Waals surface area contributed by atoms with Gasteiger partial charge in [-0.1, -0.05) is 6.07 Å². The first-order valence-corrected chi connectivity index (χ1v) is 8.42. The molecule has 0 bridgehead atoms. The standard InChI is InChI=1S/C17H18BrN3O2/c18-15-8-14(10-20-11-15)17(22)21-16(12-3-6-23-7-4-12)13-2-1-5-19-9-13/h1-2,5,8-12,16H,3-4,6-7H2,(H,21,22)/t16-/m1/s1. The highest BCUT2D eigenvalue weighted by atomic mass is 79.9. The minimum atomic E-state index is -0.126. The van der Waals surface area contributed by atoms with E-state index in [1.165, 1.54) is 0 Å². The summed E-state index contributed by atoms with van der Waals surface area (Å²) in [6.07, 6.45) is 8.65. The van der Waals surface area contributed by atoms with E-state index in [1.807, 2.05) is 18.3 Å². The van der Waals surface area contributed by atoms with E-state index in [0.717, 1.165) is 36.1 Å². The number of hydrogen-bond donors (Lipinski definition) is 1. The van der Waals surface area contributed by atoms with Crippen LogP contribution >= 0.6 is 15.9 Å². The summed E-state index contributed by atoms with van der Waals surface area (Å²) in [5, 5.41) is 3.15. The van der Waals surface area contributed by atoms with Gasteiger partial charge < -0.3 is 10.1 Å². The minimum Gasteiger partial charge on any atom is -0.381 e. The number of rotatable bonds is 4. The lowest BCUT2D eigenvalue weighted by molar-refractivity contribution is 0.0513. The van der Waals surface area contributed by atoms with Gasteiger partial charge in [0.2, 0.25) is 0 Å². The van der Waals surface area contributed by atoms with Crippen LogP contribution in [-0.4, -0.2) is 29.1 Å². The number of pyridine rings is 2. The molecule has 1 atom stereocenters. The quantitative estimate of drug-likeness (QED) is 0.891. The van der Waals surface area contributed by atoms with E-state index >= 15 is 0 Å². The van der Waals surface area contributed by atoms with Crippen LogP contribution in [0.2, 0.25) is 0 Å². The minimum absolute atomic E-state index is 0.0703. The normalized spacial score (nSPS) is 16.7. The van der Waals surface area contributed by atoms with Crippen molar-refractivity contribution in [3.63, 3.8) is 0 Å². The number of hydrogen-bond acceptors (Lipinski definition) is 4. The maximum Gasteiger partial charge on any atom is 0.253 e. The summed E-state index contributed by atoms with van der Waals surface area (Å²) in [5.41, 5.74) is 1.57. The van der Waals surface area contributed by atoms with Gasteiger partial charge in [0, 0.05) is 42.5 Å². The van der Waals surface area contributed by atoms with Crippen molar-refractivity contribution in [1.29, 1.82) is 0 Å². The molecule has 6 heteroatoms. The summed E-state index contributed by atoms with van der Waals surface area (Å²) in [7, 11) is 0.